The molecule has 4 aliphatic rings. The minimum absolute atomic E-state index is 0.00124. The molecule has 4 fully saturated rings. The standard InChI is InChI=1S/C30H53NO/c1-20(2)25(31-32)12-10-21(3)22-14-18-30(8)24-11-13-26-27(4,5)16-9-17-28(26,6)23(24)15-19-29(22,30)7/h20-26H,9-19H2,1-8H3. The molecule has 0 spiro atoms. The Bertz CT molecular complexity index is 699. The molecule has 0 radical (unpaired) electrons. The first-order chi connectivity index (χ1) is 14.9. The Kier molecular flexibility index (Phi) is 6.46. The van der Waals surface area contributed by atoms with Gasteiger partial charge in [0.25, 0.3) is 0 Å². The molecule has 4 saturated carbocycles. The zero-order chi connectivity index (χ0) is 23.5. The van der Waals surface area contributed by atoms with E-state index < -0.39 is 0 Å². The van der Waals surface area contributed by atoms with E-state index in [0.717, 1.165) is 30.1 Å². The number of nitrogens with zero attached hydrogens (tertiary/aromatic N) is 1. The van der Waals surface area contributed by atoms with E-state index in [1.807, 2.05) is 0 Å². The van der Waals surface area contributed by atoms with E-state index in [9.17, 15) is 4.91 Å². The van der Waals surface area contributed by atoms with Crippen molar-refractivity contribution in [2.75, 3.05) is 0 Å². The second-order valence-corrected chi connectivity index (χ2v) is 14.7. The van der Waals surface area contributed by atoms with E-state index in [0.29, 0.717) is 33.5 Å². The van der Waals surface area contributed by atoms with Crippen LogP contribution in [0.1, 0.15) is 126 Å². The van der Waals surface area contributed by atoms with Crippen LogP contribution in [0.2, 0.25) is 0 Å². The molecule has 0 saturated heterocycles. The van der Waals surface area contributed by atoms with Gasteiger partial charge < -0.3 is 0 Å². The molecular formula is C30H53NO. The molecule has 0 N–H and O–H groups in total. The largest absolute Gasteiger partial charge is 0.151 e. The maximum atomic E-state index is 11.3. The van der Waals surface area contributed by atoms with Crippen molar-refractivity contribution in [3.63, 3.8) is 0 Å². The number of nitroso groups, excluding NO2 is 1. The van der Waals surface area contributed by atoms with Crippen molar-refractivity contribution in [3.8, 4) is 0 Å². The molecule has 0 amide bonds. The minimum atomic E-state index is -0.00124. The lowest BCUT2D eigenvalue weighted by Gasteiger charge is -2.67. The molecule has 4 aliphatic carbocycles. The van der Waals surface area contributed by atoms with E-state index in [1.54, 1.807) is 0 Å². The van der Waals surface area contributed by atoms with Gasteiger partial charge in [0.15, 0.2) is 0 Å². The summed E-state index contributed by atoms with van der Waals surface area (Å²) in [5.41, 5.74) is 2.08. The predicted octanol–water partition coefficient (Wildman–Crippen LogP) is 9.27. The molecule has 0 bridgehead atoms. The summed E-state index contributed by atoms with van der Waals surface area (Å²) in [5, 5.41) is 3.46. The van der Waals surface area contributed by atoms with Crippen LogP contribution in [0.25, 0.3) is 0 Å². The Balaban J connectivity index is 1.54. The van der Waals surface area contributed by atoms with E-state index >= 15 is 0 Å². The van der Waals surface area contributed by atoms with Crippen molar-refractivity contribution in [2.24, 2.45) is 62.3 Å². The van der Waals surface area contributed by atoms with Crippen LogP contribution < -0.4 is 0 Å². The fraction of sp³-hybridized carbons (Fsp3) is 1.00. The lowest BCUT2D eigenvalue weighted by molar-refractivity contribution is -0.179. The average Bonchev–Trinajstić information content (AvgIpc) is 2.99. The van der Waals surface area contributed by atoms with Gasteiger partial charge in [-0.15, -0.1) is 0 Å². The first kappa shape index (κ1) is 24.7. The van der Waals surface area contributed by atoms with Gasteiger partial charge in [-0.25, -0.2) is 0 Å². The Labute approximate surface area is 199 Å². The quantitative estimate of drug-likeness (QED) is 0.376. The number of fused-ring (bicyclic) bond motifs is 5. The van der Waals surface area contributed by atoms with Gasteiger partial charge in [0.2, 0.25) is 0 Å². The zero-order valence-corrected chi connectivity index (χ0v) is 22.7. The Morgan fingerprint density at radius 1 is 0.781 bits per heavy atom. The zero-order valence-electron chi connectivity index (χ0n) is 22.7. The molecule has 9 unspecified atom stereocenters. The maximum absolute atomic E-state index is 11.3. The topological polar surface area (TPSA) is 29.4 Å². The molecule has 0 heterocycles. The fourth-order valence-corrected chi connectivity index (χ4v) is 10.7. The average molecular weight is 444 g/mol. The molecule has 0 aromatic carbocycles. The van der Waals surface area contributed by atoms with Crippen molar-refractivity contribution in [3.05, 3.63) is 4.91 Å². The number of rotatable bonds is 6. The first-order valence-electron chi connectivity index (χ1n) is 14.2. The first-order valence-corrected chi connectivity index (χ1v) is 14.2. The summed E-state index contributed by atoms with van der Waals surface area (Å²) in [5.74, 6) is 4.70. The van der Waals surface area contributed by atoms with Crippen LogP contribution in [0.3, 0.4) is 0 Å². The minimum Gasteiger partial charge on any atom is -0.151 e. The summed E-state index contributed by atoms with van der Waals surface area (Å²) >= 11 is 0. The molecule has 2 heteroatoms. The second-order valence-electron chi connectivity index (χ2n) is 14.7. The highest BCUT2D eigenvalue weighted by Gasteiger charge is 2.66. The summed E-state index contributed by atoms with van der Waals surface area (Å²) in [4.78, 5) is 11.3. The van der Waals surface area contributed by atoms with Gasteiger partial charge in [-0.2, -0.15) is 4.91 Å². The van der Waals surface area contributed by atoms with Crippen LogP contribution in [0.15, 0.2) is 5.18 Å². The van der Waals surface area contributed by atoms with Crippen molar-refractivity contribution >= 4 is 0 Å². The highest BCUT2D eigenvalue weighted by atomic mass is 16.3. The van der Waals surface area contributed by atoms with Crippen molar-refractivity contribution in [2.45, 2.75) is 132 Å². The smallest absolute Gasteiger partial charge is 0.0942 e. The highest BCUT2D eigenvalue weighted by Crippen LogP contribution is 2.74. The Hall–Kier alpha value is -0.400. The molecule has 0 aromatic heterocycles. The van der Waals surface area contributed by atoms with Gasteiger partial charge in [-0.3, -0.25) is 0 Å². The molecule has 0 aromatic rings. The molecule has 184 valence electrons. The fourth-order valence-electron chi connectivity index (χ4n) is 10.7. The van der Waals surface area contributed by atoms with Crippen molar-refractivity contribution in [1.82, 2.24) is 0 Å². The van der Waals surface area contributed by atoms with Crippen LogP contribution in [0.4, 0.5) is 0 Å². The van der Waals surface area contributed by atoms with Crippen LogP contribution in [-0.2, 0) is 0 Å². The monoisotopic (exact) mass is 443 g/mol. The predicted molar refractivity (Wildman–Crippen MR) is 136 cm³/mol. The molecule has 32 heavy (non-hydrogen) atoms. The van der Waals surface area contributed by atoms with E-state index in [4.69, 9.17) is 0 Å². The van der Waals surface area contributed by atoms with Crippen molar-refractivity contribution < 1.29 is 0 Å². The molecule has 2 nitrogen and oxygen atoms in total. The van der Waals surface area contributed by atoms with E-state index in [1.165, 1.54) is 64.2 Å². The van der Waals surface area contributed by atoms with Gasteiger partial charge >= 0.3 is 0 Å². The molecule has 4 rings (SSSR count). The Morgan fingerprint density at radius 2 is 1.47 bits per heavy atom. The maximum Gasteiger partial charge on any atom is 0.0942 e. The summed E-state index contributed by atoms with van der Waals surface area (Å²) in [6.45, 7) is 20.1. The molecule has 9 atom stereocenters. The third kappa shape index (κ3) is 3.55. The summed E-state index contributed by atoms with van der Waals surface area (Å²) < 4.78 is 0. The van der Waals surface area contributed by atoms with Gasteiger partial charge in [0, 0.05) is 0 Å². The van der Waals surface area contributed by atoms with E-state index in [-0.39, 0.29) is 6.04 Å². The lowest BCUT2D eigenvalue weighted by atomic mass is 9.38. The van der Waals surface area contributed by atoms with Gasteiger partial charge in [0.1, 0.15) is 0 Å². The third-order valence-electron chi connectivity index (χ3n) is 12.8. The van der Waals surface area contributed by atoms with Crippen LogP contribution in [-0.4, -0.2) is 6.04 Å². The second kappa shape index (κ2) is 8.37. The Morgan fingerprint density at radius 3 is 2.12 bits per heavy atom. The number of hydrogen-bond acceptors (Lipinski definition) is 2. The molecular weight excluding hydrogens is 390 g/mol. The normalized spacial score (nSPS) is 47.3. The van der Waals surface area contributed by atoms with Crippen LogP contribution in [0.5, 0.6) is 0 Å². The lowest BCUT2D eigenvalue weighted by Crippen LogP contribution is -2.59. The van der Waals surface area contributed by atoms with Gasteiger partial charge in [0.05, 0.1) is 6.04 Å². The third-order valence-corrected chi connectivity index (χ3v) is 12.8. The van der Waals surface area contributed by atoms with Crippen LogP contribution in [0, 0.1) is 62.1 Å². The molecule has 0 aliphatic heterocycles. The SMILES string of the molecule is CC(C)C(CCC(C)C1CCC2(C)C3CCC4C(C)(C)CCCC4(C)C3CCC12C)N=O. The van der Waals surface area contributed by atoms with Crippen LogP contribution >= 0.6 is 0 Å². The highest BCUT2D eigenvalue weighted by molar-refractivity contribution is 5.15. The summed E-state index contributed by atoms with van der Waals surface area (Å²) in [7, 11) is 0. The number of hydrogen-bond donors (Lipinski definition) is 0. The van der Waals surface area contributed by atoms with Gasteiger partial charge in [-0.05, 0) is 121 Å². The summed E-state index contributed by atoms with van der Waals surface area (Å²) in [6, 6.07) is -0.00124. The van der Waals surface area contributed by atoms with Gasteiger partial charge in [-0.1, -0.05) is 67.0 Å². The van der Waals surface area contributed by atoms with Crippen molar-refractivity contribution in [1.29, 1.82) is 0 Å². The summed E-state index contributed by atoms with van der Waals surface area (Å²) in [6.07, 6.45) is 15.2. The van der Waals surface area contributed by atoms with E-state index in [2.05, 4.69) is 60.6 Å².